The maximum absolute atomic E-state index is 11.7. The van der Waals surface area contributed by atoms with Crippen molar-refractivity contribution in [3.05, 3.63) is 0 Å². The molecule has 0 heterocycles. The van der Waals surface area contributed by atoms with E-state index < -0.39 is 26.5 Å². The van der Waals surface area contributed by atoms with Crippen molar-refractivity contribution in [3.8, 4) is 0 Å². The molecule has 0 aliphatic rings. The van der Waals surface area contributed by atoms with Gasteiger partial charge < -0.3 is 10.00 Å². The molecule has 0 saturated carbocycles. The lowest BCUT2D eigenvalue weighted by atomic mass is 10.3. The Morgan fingerprint density at radius 1 is 1.24 bits per heavy atom. The minimum absolute atomic E-state index is 0.0398. The van der Waals surface area contributed by atoms with Crippen molar-refractivity contribution in [1.29, 1.82) is 0 Å². The molecular formula is C10H21O5P2+. The van der Waals surface area contributed by atoms with Gasteiger partial charge in [-0.25, -0.2) is 4.79 Å². The van der Waals surface area contributed by atoms with Crippen LogP contribution in [-0.4, -0.2) is 33.7 Å². The standard InChI is InChI=1S/C10H20O5P2/c1-7(2)5-16(13)9(11)10(12)17(14,15)6-8(3)4/h7-8,10,12H,5-6H2,1-4H3/p+1. The van der Waals surface area contributed by atoms with Crippen LogP contribution in [0.4, 0.5) is 0 Å². The number of rotatable bonds is 7. The van der Waals surface area contributed by atoms with Crippen molar-refractivity contribution in [2.45, 2.75) is 33.5 Å². The zero-order chi connectivity index (χ0) is 13.8. The molecule has 0 aromatic heterocycles. The van der Waals surface area contributed by atoms with Crippen LogP contribution >= 0.6 is 15.2 Å². The molecule has 0 amide bonds. The van der Waals surface area contributed by atoms with E-state index >= 15 is 0 Å². The first kappa shape index (κ1) is 16.9. The van der Waals surface area contributed by atoms with E-state index in [4.69, 9.17) is 0 Å². The van der Waals surface area contributed by atoms with Gasteiger partial charge >= 0.3 is 13.3 Å². The van der Waals surface area contributed by atoms with Crippen molar-refractivity contribution >= 4 is 20.7 Å². The first-order valence-corrected chi connectivity index (χ1v) is 8.92. The van der Waals surface area contributed by atoms with Crippen LogP contribution in [0.3, 0.4) is 0 Å². The van der Waals surface area contributed by atoms with E-state index in [2.05, 4.69) is 0 Å². The summed E-state index contributed by atoms with van der Waals surface area (Å²) in [6.07, 6.45) is -0.0162. The molecule has 0 aromatic rings. The third-order valence-corrected chi connectivity index (χ3v) is 6.26. The quantitative estimate of drug-likeness (QED) is 0.699. The lowest BCUT2D eigenvalue weighted by Crippen LogP contribution is -2.21. The molecule has 0 aliphatic carbocycles. The first-order valence-electron chi connectivity index (χ1n) is 5.56. The van der Waals surface area contributed by atoms with Crippen LogP contribution in [0.2, 0.25) is 0 Å². The average molecular weight is 283 g/mol. The Kier molecular flexibility index (Phi) is 6.71. The monoisotopic (exact) mass is 283 g/mol. The largest absolute Gasteiger partial charge is 0.418 e. The highest BCUT2D eigenvalue weighted by atomic mass is 31.2. The molecule has 17 heavy (non-hydrogen) atoms. The fourth-order valence-electron chi connectivity index (χ4n) is 1.35. The van der Waals surface area contributed by atoms with Gasteiger partial charge in [0, 0.05) is 6.16 Å². The van der Waals surface area contributed by atoms with Crippen molar-refractivity contribution in [2.75, 3.05) is 12.3 Å². The fourth-order valence-corrected chi connectivity index (χ4v) is 4.97. The normalized spacial score (nSPS) is 18.0. The highest BCUT2D eigenvalue weighted by molar-refractivity contribution is 7.69. The molecule has 0 rings (SSSR count). The Hall–Kier alpha value is -0.0800. The third-order valence-electron chi connectivity index (χ3n) is 2.01. The number of aliphatic hydroxyl groups is 1. The Bertz CT molecular complexity index is 338. The van der Waals surface area contributed by atoms with E-state index in [0.717, 1.165) is 0 Å². The highest BCUT2D eigenvalue weighted by Gasteiger charge is 2.45. The molecule has 3 unspecified atom stereocenters. The van der Waals surface area contributed by atoms with Gasteiger partial charge in [0.05, 0.1) is 0 Å². The molecule has 0 aliphatic heterocycles. The first-order chi connectivity index (χ1) is 7.58. The molecule has 2 N–H and O–H groups in total. The Morgan fingerprint density at radius 3 is 2.06 bits per heavy atom. The van der Waals surface area contributed by atoms with E-state index in [1.165, 1.54) is 0 Å². The van der Waals surface area contributed by atoms with E-state index in [1.807, 2.05) is 0 Å². The lowest BCUT2D eigenvalue weighted by Gasteiger charge is -2.15. The van der Waals surface area contributed by atoms with E-state index in [0.29, 0.717) is 0 Å². The predicted molar refractivity (Wildman–Crippen MR) is 67.9 cm³/mol. The molecule has 5 nitrogen and oxygen atoms in total. The molecule has 0 radical (unpaired) electrons. The number of carbonyl (C=O) groups excluding carboxylic acids is 1. The zero-order valence-electron chi connectivity index (χ0n) is 10.7. The van der Waals surface area contributed by atoms with Crippen LogP contribution in [-0.2, 0) is 13.9 Å². The Labute approximate surface area is 103 Å². The van der Waals surface area contributed by atoms with E-state index in [1.54, 1.807) is 27.7 Å². The molecule has 0 bridgehead atoms. The molecule has 7 heteroatoms. The Morgan fingerprint density at radius 2 is 1.71 bits per heavy atom. The van der Waals surface area contributed by atoms with Gasteiger partial charge in [-0.3, -0.25) is 4.57 Å². The van der Waals surface area contributed by atoms with Crippen molar-refractivity contribution in [3.63, 3.8) is 0 Å². The topological polar surface area (TPSA) is 91.7 Å². The number of hydrogen-bond acceptors (Lipinski definition) is 4. The van der Waals surface area contributed by atoms with Crippen LogP contribution < -0.4 is 0 Å². The summed E-state index contributed by atoms with van der Waals surface area (Å²) in [5.74, 6) is -2.08. The molecule has 0 spiro atoms. The number of aliphatic hydroxyl groups excluding tert-OH is 1. The summed E-state index contributed by atoms with van der Waals surface area (Å²) >= 11 is 0. The van der Waals surface area contributed by atoms with Crippen molar-refractivity contribution in [1.82, 2.24) is 0 Å². The van der Waals surface area contributed by atoms with Crippen molar-refractivity contribution in [2.24, 2.45) is 11.8 Å². The van der Waals surface area contributed by atoms with Gasteiger partial charge in [-0.1, -0.05) is 32.3 Å². The summed E-state index contributed by atoms with van der Waals surface area (Å²) in [5.41, 5.74) is -1.000. The van der Waals surface area contributed by atoms with Gasteiger partial charge in [0.2, 0.25) is 13.2 Å². The van der Waals surface area contributed by atoms with Gasteiger partial charge in [-0.15, -0.1) is 0 Å². The number of hydrogen-bond donors (Lipinski definition) is 2. The van der Waals surface area contributed by atoms with Gasteiger partial charge in [-0.2, -0.15) is 0 Å². The Balaban J connectivity index is 4.70. The SMILES string of the molecule is CC(C)C[P+](=O)C(=O)C(O)P(=O)(O)CC(C)C. The molecule has 3 atom stereocenters. The van der Waals surface area contributed by atoms with Crippen LogP contribution in [0, 0.1) is 11.8 Å². The highest BCUT2D eigenvalue weighted by Crippen LogP contribution is 2.50. The maximum Gasteiger partial charge on any atom is 0.418 e. The van der Waals surface area contributed by atoms with Crippen LogP contribution in [0.5, 0.6) is 0 Å². The summed E-state index contributed by atoms with van der Waals surface area (Å²) in [4.78, 5) is 21.1. The molecule has 0 saturated heterocycles. The molecular weight excluding hydrogens is 262 g/mol. The van der Waals surface area contributed by atoms with Gasteiger partial charge in [0.15, 0.2) is 6.16 Å². The second-order valence-electron chi connectivity index (χ2n) is 5.00. The van der Waals surface area contributed by atoms with E-state index in [9.17, 15) is 23.9 Å². The maximum atomic E-state index is 11.7. The zero-order valence-corrected chi connectivity index (χ0v) is 12.4. The third kappa shape index (κ3) is 5.87. The fraction of sp³-hybridized carbons (Fsp3) is 0.900. The summed E-state index contributed by atoms with van der Waals surface area (Å²) < 4.78 is 23.2. The molecule has 0 aromatic carbocycles. The summed E-state index contributed by atoms with van der Waals surface area (Å²) in [7, 11) is -6.25. The van der Waals surface area contributed by atoms with Crippen LogP contribution in [0.15, 0.2) is 0 Å². The summed E-state index contributed by atoms with van der Waals surface area (Å²) in [6.45, 7) is 7.02. The minimum Gasteiger partial charge on any atom is -0.372 e. The summed E-state index contributed by atoms with van der Waals surface area (Å²) in [5, 5.41) is 9.53. The number of carbonyl (C=O) groups is 1. The predicted octanol–water partition coefficient (Wildman–Crippen LogP) is 2.24. The second kappa shape index (κ2) is 6.75. The minimum atomic E-state index is -3.97. The van der Waals surface area contributed by atoms with Gasteiger partial charge in [-0.05, 0) is 11.8 Å². The van der Waals surface area contributed by atoms with Crippen molar-refractivity contribution < 1.29 is 23.9 Å². The van der Waals surface area contributed by atoms with E-state index in [-0.39, 0.29) is 24.2 Å². The van der Waals surface area contributed by atoms with Crippen LogP contribution in [0.1, 0.15) is 27.7 Å². The second-order valence-corrected chi connectivity index (χ2v) is 8.93. The summed E-state index contributed by atoms with van der Waals surface area (Å²) in [6, 6.07) is 0. The molecule has 0 fully saturated rings. The van der Waals surface area contributed by atoms with Gasteiger partial charge in [0.1, 0.15) is 0 Å². The average Bonchev–Trinajstić information content (AvgIpc) is 2.12. The smallest absolute Gasteiger partial charge is 0.372 e. The van der Waals surface area contributed by atoms with Crippen LogP contribution in [0.25, 0.3) is 0 Å². The van der Waals surface area contributed by atoms with Gasteiger partial charge in [0.25, 0.3) is 0 Å². The molecule has 100 valence electrons. The lowest BCUT2D eigenvalue weighted by molar-refractivity contribution is -0.116.